The maximum atomic E-state index is 11.6. The molecule has 0 aliphatic rings. The third-order valence-corrected chi connectivity index (χ3v) is 5.52. The average molecular weight is 397 g/mol. The minimum absolute atomic E-state index is 0.0209. The number of nitrogens with one attached hydrogen (secondary N) is 1. The van der Waals surface area contributed by atoms with Gasteiger partial charge in [-0.3, -0.25) is 0 Å². The highest BCUT2D eigenvalue weighted by Crippen LogP contribution is 2.30. The Morgan fingerprint density at radius 3 is 2.58 bits per heavy atom. The number of benzene rings is 2. The predicted molar refractivity (Wildman–Crippen MR) is 104 cm³/mol. The summed E-state index contributed by atoms with van der Waals surface area (Å²) < 4.78 is 29.2. The second kappa shape index (κ2) is 8.88. The van der Waals surface area contributed by atoms with Gasteiger partial charge in [-0.25, -0.2) is 13.6 Å². The topological polar surface area (TPSA) is 102 Å². The van der Waals surface area contributed by atoms with E-state index >= 15 is 0 Å². The van der Waals surface area contributed by atoms with E-state index < -0.39 is 16.1 Å². The molecule has 0 fully saturated rings. The van der Waals surface area contributed by atoms with E-state index in [-0.39, 0.29) is 4.90 Å². The van der Waals surface area contributed by atoms with Crippen LogP contribution in [0, 0.1) is 6.92 Å². The van der Waals surface area contributed by atoms with Gasteiger partial charge in [0.05, 0.1) is 11.0 Å². The van der Waals surface area contributed by atoms with E-state index in [9.17, 15) is 13.5 Å². The molecule has 2 aromatic rings. The first-order valence-corrected chi connectivity index (χ1v) is 10.8. The van der Waals surface area contributed by atoms with Crippen molar-refractivity contribution < 1.29 is 18.3 Å². The monoisotopic (exact) mass is 396 g/mol. The summed E-state index contributed by atoms with van der Waals surface area (Å²) >= 11 is 1.66. The Labute approximate surface area is 158 Å². The number of ether oxygens (including phenoxy) is 1. The Hall–Kier alpha value is -1.58. The summed E-state index contributed by atoms with van der Waals surface area (Å²) in [6.07, 6.45) is 1.50. The van der Waals surface area contributed by atoms with Crippen LogP contribution in [0.25, 0.3) is 0 Å². The number of hydrogen-bond donors (Lipinski definition) is 3. The van der Waals surface area contributed by atoms with Gasteiger partial charge in [0.25, 0.3) is 0 Å². The zero-order valence-electron chi connectivity index (χ0n) is 15.0. The largest absolute Gasteiger partial charge is 0.457 e. The second-order valence-electron chi connectivity index (χ2n) is 6.03. The Balaban J connectivity index is 2.31. The standard InChI is InChI=1S/C18H24N2O4S2/c1-12-8-15(4-7-18(12)25-3)24-17-6-5-16(26(19,22)23)9-14(17)11-20-10-13(2)21/h4-9,13,20-21H,10-11H2,1-3H3,(H2,19,22,23). The second-order valence-corrected chi connectivity index (χ2v) is 8.44. The molecule has 0 bridgehead atoms. The van der Waals surface area contributed by atoms with Crippen LogP contribution in [0.15, 0.2) is 46.2 Å². The van der Waals surface area contributed by atoms with Crippen LogP contribution in [-0.2, 0) is 16.6 Å². The number of nitrogens with two attached hydrogens (primary N) is 1. The van der Waals surface area contributed by atoms with Crippen molar-refractivity contribution in [2.45, 2.75) is 36.3 Å². The molecule has 0 saturated heterocycles. The number of sulfonamides is 1. The van der Waals surface area contributed by atoms with Gasteiger partial charge in [-0.15, -0.1) is 11.8 Å². The third kappa shape index (κ3) is 5.72. The number of primary sulfonamides is 1. The molecule has 0 spiro atoms. The molecule has 0 amide bonds. The number of aliphatic hydroxyl groups excluding tert-OH is 1. The van der Waals surface area contributed by atoms with Crippen molar-refractivity contribution in [2.75, 3.05) is 12.8 Å². The first kappa shape index (κ1) is 20.7. The van der Waals surface area contributed by atoms with E-state index in [1.807, 2.05) is 31.4 Å². The van der Waals surface area contributed by atoms with Gasteiger partial charge in [0.2, 0.25) is 10.0 Å². The molecule has 1 atom stereocenters. The molecule has 1 unspecified atom stereocenters. The van der Waals surface area contributed by atoms with E-state index in [0.29, 0.717) is 30.2 Å². The molecule has 0 saturated carbocycles. The molecule has 26 heavy (non-hydrogen) atoms. The molecular weight excluding hydrogens is 372 g/mol. The zero-order valence-corrected chi connectivity index (χ0v) is 16.7. The lowest BCUT2D eigenvalue weighted by Crippen LogP contribution is -2.24. The first-order valence-electron chi connectivity index (χ1n) is 8.07. The molecular formula is C18H24N2O4S2. The summed E-state index contributed by atoms with van der Waals surface area (Å²) in [4.78, 5) is 1.19. The number of aliphatic hydroxyl groups is 1. The van der Waals surface area contributed by atoms with E-state index in [1.54, 1.807) is 24.8 Å². The lowest BCUT2D eigenvalue weighted by molar-refractivity contribution is 0.191. The van der Waals surface area contributed by atoms with Crippen molar-refractivity contribution in [3.63, 3.8) is 0 Å². The Bertz CT molecular complexity index is 867. The summed E-state index contributed by atoms with van der Waals surface area (Å²) in [5, 5.41) is 17.7. The van der Waals surface area contributed by atoms with E-state index in [2.05, 4.69) is 5.32 Å². The number of rotatable bonds is 8. The van der Waals surface area contributed by atoms with Gasteiger partial charge in [-0.2, -0.15) is 0 Å². The molecule has 0 radical (unpaired) electrons. The van der Waals surface area contributed by atoms with Crippen LogP contribution in [0.4, 0.5) is 0 Å². The molecule has 2 aromatic carbocycles. The highest BCUT2D eigenvalue weighted by atomic mass is 32.2. The van der Waals surface area contributed by atoms with Crippen LogP contribution in [0.3, 0.4) is 0 Å². The van der Waals surface area contributed by atoms with Gasteiger partial charge in [-0.1, -0.05) is 0 Å². The lowest BCUT2D eigenvalue weighted by atomic mass is 10.2. The normalized spacial score (nSPS) is 12.8. The molecule has 2 rings (SSSR count). The Morgan fingerprint density at radius 1 is 1.27 bits per heavy atom. The van der Waals surface area contributed by atoms with Crippen LogP contribution in [0.5, 0.6) is 11.5 Å². The fourth-order valence-electron chi connectivity index (χ4n) is 2.43. The molecule has 0 heterocycles. The van der Waals surface area contributed by atoms with Crippen LogP contribution < -0.4 is 15.2 Å². The number of thioether (sulfide) groups is 1. The summed E-state index contributed by atoms with van der Waals surface area (Å²) in [6, 6.07) is 10.3. The average Bonchev–Trinajstić information content (AvgIpc) is 2.55. The van der Waals surface area contributed by atoms with Crippen molar-refractivity contribution in [3.8, 4) is 11.5 Å². The van der Waals surface area contributed by atoms with Crippen molar-refractivity contribution in [1.29, 1.82) is 0 Å². The Kier molecular flexibility index (Phi) is 7.08. The van der Waals surface area contributed by atoms with Crippen molar-refractivity contribution in [1.82, 2.24) is 5.32 Å². The quantitative estimate of drug-likeness (QED) is 0.593. The van der Waals surface area contributed by atoms with Gasteiger partial charge in [0, 0.05) is 23.5 Å². The van der Waals surface area contributed by atoms with Crippen molar-refractivity contribution in [2.24, 2.45) is 5.14 Å². The van der Waals surface area contributed by atoms with Gasteiger partial charge >= 0.3 is 0 Å². The predicted octanol–water partition coefficient (Wildman–Crippen LogP) is 2.63. The summed E-state index contributed by atoms with van der Waals surface area (Å²) in [5.74, 6) is 1.20. The van der Waals surface area contributed by atoms with Gasteiger partial charge in [0.1, 0.15) is 11.5 Å². The fraction of sp³-hybridized carbons (Fsp3) is 0.333. The van der Waals surface area contributed by atoms with Gasteiger partial charge in [0.15, 0.2) is 0 Å². The van der Waals surface area contributed by atoms with Crippen molar-refractivity contribution >= 4 is 21.8 Å². The van der Waals surface area contributed by atoms with Gasteiger partial charge in [-0.05, 0) is 62.1 Å². The molecule has 0 aromatic heterocycles. The Morgan fingerprint density at radius 2 is 2.00 bits per heavy atom. The minimum Gasteiger partial charge on any atom is -0.457 e. The van der Waals surface area contributed by atoms with Crippen LogP contribution >= 0.6 is 11.8 Å². The summed E-state index contributed by atoms with van der Waals surface area (Å²) in [7, 11) is -3.81. The van der Waals surface area contributed by atoms with Crippen LogP contribution in [-0.4, -0.2) is 32.4 Å². The van der Waals surface area contributed by atoms with E-state index in [1.165, 1.54) is 17.0 Å². The minimum atomic E-state index is -3.81. The molecule has 6 nitrogen and oxygen atoms in total. The molecule has 0 aliphatic heterocycles. The molecule has 4 N–H and O–H groups in total. The van der Waals surface area contributed by atoms with Gasteiger partial charge < -0.3 is 15.2 Å². The highest BCUT2D eigenvalue weighted by molar-refractivity contribution is 7.98. The molecule has 8 heteroatoms. The molecule has 142 valence electrons. The summed E-state index contributed by atoms with van der Waals surface area (Å²) in [6.45, 7) is 4.39. The SMILES string of the molecule is CSc1ccc(Oc2ccc(S(N)(=O)=O)cc2CNCC(C)O)cc1C. The maximum absolute atomic E-state index is 11.6. The zero-order chi connectivity index (χ0) is 19.3. The number of aryl methyl sites for hydroxylation is 1. The van der Waals surface area contributed by atoms with Crippen molar-refractivity contribution in [3.05, 3.63) is 47.5 Å². The maximum Gasteiger partial charge on any atom is 0.238 e. The highest BCUT2D eigenvalue weighted by Gasteiger charge is 2.13. The third-order valence-electron chi connectivity index (χ3n) is 3.71. The fourth-order valence-corrected chi connectivity index (χ4v) is 3.58. The van der Waals surface area contributed by atoms with E-state index in [4.69, 9.17) is 9.88 Å². The first-order chi connectivity index (χ1) is 12.2. The van der Waals surface area contributed by atoms with Crippen LogP contribution in [0.1, 0.15) is 18.1 Å². The lowest BCUT2D eigenvalue weighted by Gasteiger charge is -2.15. The van der Waals surface area contributed by atoms with Crippen LogP contribution in [0.2, 0.25) is 0 Å². The number of hydrogen-bond acceptors (Lipinski definition) is 6. The summed E-state index contributed by atoms with van der Waals surface area (Å²) in [5.41, 5.74) is 1.74. The molecule has 0 aliphatic carbocycles. The smallest absolute Gasteiger partial charge is 0.238 e. The van der Waals surface area contributed by atoms with E-state index in [0.717, 1.165) is 5.56 Å².